The largest absolute Gasteiger partial charge is 0.496 e. The van der Waals surface area contributed by atoms with Gasteiger partial charge in [-0.15, -0.1) is 0 Å². The van der Waals surface area contributed by atoms with Crippen LogP contribution in [-0.4, -0.2) is 22.3 Å². The van der Waals surface area contributed by atoms with Gasteiger partial charge in [-0.1, -0.05) is 12.8 Å². The average Bonchev–Trinajstić information content (AvgIpc) is 3.09. The maximum absolute atomic E-state index is 5.23. The molecule has 0 atom stereocenters. The lowest BCUT2D eigenvalue weighted by atomic mass is 10.1. The van der Waals surface area contributed by atoms with Gasteiger partial charge in [0.1, 0.15) is 11.6 Å². The zero-order chi connectivity index (χ0) is 13.2. The van der Waals surface area contributed by atoms with Crippen LogP contribution in [0.3, 0.4) is 0 Å². The molecule has 1 aromatic heterocycles. The second kappa shape index (κ2) is 5.33. The first-order valence-corrected chi connectivity index (χ1v) is 7.33. The summed E-state index contributed by atoms with van der Waals surface area (Å²) < 4.78 is 6.14. The molecule has 4 nitrogen and oxygen atoms in total. The summed E-state index contributed by atoms with van der Waals surface area (Å²) in [5.74, 6) is 3.16. The Morgan fingerprint density at radius 1 is 1.32 bits per heavy atom. The number of H-pyrrole nitrogens is 1. The molecule has 19 heavy (non-hydrogen) atoms. The van der Waals surface area contributed by atoms with E-state index in [0.29, 0.717) is 5.92 Å². The molecule has 3 rings (SSSR count). The van der Waals surface area contributed by atoms with E-state index in [0.717, 1.165) is 27.4 Å². The summed E-state index contributed by atoms with van der Waals surface area (Å²) in [6, 6.07) is 5.89. The number of aromatic amines is 1. The van der Waals surface area contributed by atoms with Crippen molar-refractivity contribution in [2.24, 2.45) is 0 Å². The van der Waals surface area contributed by atoms with E-state index in [1.165, 1.54) is 25.7 Å². The molecule has 1 aromatic carbocycles. The molecule has 1 saturated carbocycles. The van der Waals surface area contributed by atoms with Gasteiger partial charge in [0.25, 0.3) is 0 Å². The lowest BCUT2D eigenvalue weighted by Crippen LogP contribution is -1.94. The lowest BCUT2D eigenvalue weighted by molar-refractivity contribution is 0.412. The third-order valence-electron chi connectivity index (χ3n) is 3.65. The highest BCUT2D eigenvalue weighted by Gasteiger charge is 2.21. The summed E-state index contributed by atoms with van der Waals surface area (Å²) in [7, 11) is 1.66. The van der Waals surface area contributed by atoms with Crippen molar-refractivity contribution in [2.45, 2.75) is 31.6 Å². The number of rotatable bonds is 3. The Morgan fingerprint density at radius 2 is 2.11 bits per heavy atom. The number of nitrogens with one attached hydrogen (secondary N) is 1. The van der Waals surface area contributed by atoms with Crippen LogP contribution < -0.4 is 4.74 Å². The number of nitrogens with zero attached hydrogens (tertiary/aromatic N) is 2. The van der Waals surface area contributed by atoms with Crippen LogP contribution in [0.15, 0.2) is 22.7 Å². The number of ether oxygens (including phenoxy) is 1. The van der Waals surface area contributed by atoms with Gasteiger partial charge in [0.15, 0.2) is 5.82 Å². The topological polar surface area (TPSA) is 50.8 Å². The van der Waals surface area contributed by atoms with Crippen molar-refractivity contribution in [2.75, 3.05) is 7.11 Å². The highest BCUT2D eigenvalue weighted by atomic mass is 79.9. The zero-order valence-electron chi connectivity index (χ0n) is 10.8. The van der Waals surface area contributed by atoms with Gasteiger partial charge in [-0.2, -0.15) is 5.10 Å². The van der Waals surface area contributed by atoms with Crippen LogP contribution in [0.2, 0.25) is 0 Å². The smallest absolute Gasteiger partial charge is 0.181 e. The van der Waals surface area contributed by atoms with Gasteiger partial charge in [-0.3, -0.25) is 5.10 Å². The van der Waals surface area contributed by atoms with Crippen molar-refractivity contribution in [3.8, 4) is 17.1 Å². The lowest BCUT2D eigenvalue weighted by Gasteiger charge is -2.04. The molecule has 1 N–H and O–H groups in total. The van der Waals surface area contributed by atoms with Gasteiger partial charge in [-0.05, 0) is 47.0 Å². The molecule has 0 spiro atoms. The van der Waals surface area contributed by atoms with Crippen LogP contribution in [-0.2, 0) is 0 Å². The van der Waals surface area contributed by atoms with E-state index in [-0.39, 0.29) is 0 Å². The van der Waals surface area contributed by atoms with Gasteiger partial charge in [0.2, 0.25) is 0 Å². The fourth-order valence-electron chi connectivity index (χ4n) is 2.59. The Bertz CT molecular complexity index is 576. The highest BCUT2D eigenvalue weighted by Crippen LogP contribution is 2.33. The summed E-state index contributed by atoms with van der Waals surface area (Å²) in [5.41, 5.74) is 0.994. The Morgan fingerprint density at radius 3 is 2.79 bits per heavy atom. The molecule has 0 amide bonds. The van der Waals surface area contributed by atoms with E-state index < -0.39 is 0 Å². The summed E-state index contributed by atoms with van der Waals surface area (Å²) in [5, 5.41) is 7.42. The van der Waals surface area contributed by atoms with Crippen molar-refractivity contribution in [1.29, 1.82) is 0 Å². The van der Waals surface area contributed by atoms with Crippen molar-refractivity contribution in [1.82, 2.24) is 15.2 Å². The molecule has 0 aliphatic heterocycles. The van der Waals surface area contributed by atoms with Crippen LogP contribution in [0, 0.1) is 0 Å². The van der Waals surface area contributed by atoms with Crippen LogP contribution in [0.5, 0.6) is 5.75 Å². The predicted molar refractivity (Wildman–Crippen MR) is 77.3 cm³/mol. The molecule has 0 radical (unpaired) electrons. The van der Waals surface area contributed by atoms with Crippen LogP contribution in [0.1, 0.15) is 37.4 Å². The molecule has 0 unspecified atom stereocenters. The molecule has 1 aliphatic rings. The molecule has 100 valence electrons. The number of hydrogen-bond donors (Lipinski definition) is 1. The average molecular weight is 322 g/mol. The van der Waals surface area contributed by atoms with Crippen molar-refractivity contribution >= 4 is 15.9 Å². The van der Waals surface area contributed by atoms with Gasteiger partial charge >= 0.3 is 0 Å². The first kappa shape index (κ1) is 12.7. The highest BCUT2D eigenvalue weighted by molar-refractivity contribution is 9.10. The van der Waals surface area contributed by atoms with Crippen molar-refractivity contribution in [3.05, 3.63) is 28.5 Å². The van der Waals surface area contributed by atoms with Gasteiger partial charge in [0.05, 0.1) is 11.6 Å². The SMILES string of the molecule is COc1ccc(-c2n[nH]c(C3CCCC3)n2)cc1Br. The van der Waals surface area contributed by atoms with Crippen LogP contribution in [0.4, 0.5) is 0 Å². The van der Waals surface area contributed by atoms with Crippen LogP contribution >= 0.6 is 15.9 Å². The number of hydrogen-bond acceptors (Lipinski definition) is 3. The monoisotopic (exact) mass is 321 g/mol. The normalized spacial score (nSPS) is 15.9. The van der Waals surface area contributed by atoms with E-state index in [4.69, 9.17) is 4.74 Å². The maximum Gasteiger partial charge on any atom is 0.181 e. The Kier molecular flexibility index (Phi) is 3.55. The molecule has 2 aromatic rings. The number of benzene rings is 1. The first-order valence-electron chi connectivity index (χ1n) is 6.54. The minimum atomic E-state index is 0.558. The molecule has 5 heteroatoms. The van der Waals surface area contributed by atoms with Gasteiger partial charge in [0, 0.05) is 11.5 Å². The summed E-state index contributed by atoms with van der Waals surface area (Å²) in [4.78, 5) is 4.63. The standard InChI is InChI=1S/C14H16BrN3O/c1-19-12-7-6-10(8-11(12)15)14-16-13(17-18-14)9-4-2-3-5-9/h6-9H,2-5H2,1H3,(H,16,17,18). The molecule has 1 heterocycles. The third kappa shape index (κ3) is 2.52. The Hall–Kier alpha value is -1.36. The van der Waals surface area contributed by atoms with Crippen LogP contribution in [0.25, 0.3) is 11.4 Å². The second-order valence-electron chi connectivity index (χ2n) is 4.87. The number of aromatic nitrogens is 3. The molecule has 1 aliphatic carbocycles. The zero-order valence-corrected chi connectivity index (χ0v) is 12.4. The molecular weight excluding hydrogens is 306 g/mol. The minimum Gasteiger partial charge on any atom is -0.496 e. The van der Waals surface area contributed by atoms with Crippen molar-refractivity contribution < 1.29 is 4.74 Å². The molecular formula is C14H16BrN3O. The third-order valence-corrected chi connectivity index (χ3v) is 4.27. The molecule has 0 bridgehead atoms. The summed E-state index contributed by atoms with van der Waals surface area (Å²) in [6.45, 7) is 0. The van der Waals surface area contributed by atoms with Gasteiger partial charge < -0.3 is 4.74 Å². The number of halogens is 1. The molecule has 0 saturated heterocycles. The molecule has 1 fully saturated rings. The quantitative estimate of drug-likeness (QED) is 0.932. The van der Waals surface area contributed by atoms with Crippen molar-refractivity contribution in [3.63, 3.8) is 0 Å². The van der Waals surface area contributed by atoms with E-state index in [2.05, 4.69) is 31.1 Å². The van der Waals surface area contributed by atoms with E-state index in [9.17, 15) is 0 Å². The summed E-state index contributed by atoms with van der Waals surface area (Å²) >= 11 is 3.49. The minimum absolute atomic E-state index is 0.558. The Labute approximate surface area is 120 Å². The summed E-state index contributed by atoms with van der Waals surface area (Å²) in [6.07, 6.45) is 5.05. The maximum atomic E-state index is 5.23. The van der Waals surface area contributed by atoms with E-state index >= 15 is 0 Å². The fraction of sp³-hybridized carbons (Fsp3) is 0.429. The van der Waals surface area contributed by atoms with E-state index in [1.54, 1.807) is 7.11 Å². The second-order valence-corrected chi connectivity index (χ2v) is 5.73. The fourth-order valence-corrected chi connectivity index (χ4v) is 3.13. The first-order chi connectivity index (χ1) is 9.28. The van der Waals surface area contributed by atoms with E-state index in [1.807, 2.05) is 18.2 Å². The Balaban J connectivity index is 1.87. The number of methoxy groups -OCH3 is 1. The van der Waals surface area contributed by atoms with Gasteiger partial charge in [-0.25, -0.2) is 4.98 Å². The predicted octanol–water partition coefficient (Wildman–Crippen LogP) is 3.90.